The van der Waals surface area contributed by atoms with Crippen molar-refractivity contribution in [3.63, 3.8) is 0 Å². The molecular weight excluding hydrogens is 254 g/mol. The third-order valence-electron chi connectivity index (χ3n) is 3.06. The van der Waals surface area contributed by atoms with Crippen LogP contribution in [-0.2, 0) is 7.05 Å². The highest BCUT2D eigenvalue weighted by Gasteiger charge is 2.20. The van der Waals surface area contributed by atoms with Crippen LogP contribution in [0.4, 0.5) is 0 Å². The molecule has 0 aliphatic rings. The summed E-state index contributed by atoms with van der Waals surface area (Å²) in [5, 5.41) is 8.11. The summed E-state index contributed by atoms with van der Waals surface area (Å²) in [7, 11) is 1.91. The van der Waals surface area contributed by atoms with Gasteiger partial charge in [-0.25, -0.2) is 15.1 Å². The molecule has 0 spiro atoms. The lowest BCUT2D eigenvalue weighted by Gasteiger charge is -2.14. The zero-order valence-electron chi connectivity index (χ0n) is 11.0. The van der Waals surface area contributed by atoms with Crippen molar-refractivity contribution in [3.05, 3.63) is 60.4 Å². The Labute approximate surface area is 116 Å². The number of hydrazine groups is 1. The third-order valence-corrected chi connectivity index (χ3v) is 3.06. The minimum Gasteiger partial charge on any atom is -0.340 e. The van der Waals surface area contributed by atoms with Crippen LogP contribution >= 0.6 is 0 Å². The summed E-state index contributed by atoms with van der Waals surface area (Å²) in [6.07, 6.45) is 5.33. The molecule has 0 saturated carbocycles. The van der Waals surface area contributed by atoms with E-state index in [4.69, 9.17) is 5.84 Å². The van der Waals surface area contributed by atoms with Gasteiger partial charge in [0.2, 0.25) is 0 Å². The number of nitrogens with zero attached hydrogens (tertiary/aromatic N) is 5. The SMILES string of the molecule is Cn1cnc(C(NN)c2cnnn2-c2ccccc2)c1. The molecule has 2 aromatic heterocycles. The predicted molar refractivity (Wildman–Crippen MR) is 73.7 cm³/mol. The number of aromatic nitrogens is 5. The molecule has 0 saturated heterocycles. The Kier molecular flexibility index (Phi) is 3.28. The van der Waals surface area contributed by atoms with E-state index < -0.39 is 0 Å². The first-order valence-electron chi connectivity index (χ1n) is 6.19. The van der Waals surface area contributed by atoms with Gasteiger partial charge >= 0.3 is 0 Å². The smallest absolute Gasteiger partial charge is 0.108 e. The number of para-hydroxylation sites is 1. The minimum absolute atomic E-state index is 0.272. The maximum absolute atomic E-state index is 5.68. The van der Waals surface area contributed by atoms with Crippen molar-refractivity contribution in [2.75, 3.05) is 0 Å². The van der Waals surface area contributed by atoms with E-state index in [0.717, 1.165) is 17.1 Å². The van der Waals surface area contributed by atoms with Gasteiger partial charge in [-0.3, -0.25) is 5.84 Å². The summed E-state index contributed by atoms with van der Waals surface area (Å²) in [6, 6.07) is 9.51. The van der Waals surface area contributed by atoms with Crippen molar-refractivity contribution in [2.24, 2.45) is 12.9 Å². The first kappa shape index (κ1) is 12.5. The van der Waals surface area contributed by atoms with Crippen molar-refractivity contribution in [3.8, 4) is 5.69 Å². The lowest BCUT2D eigenvalue weighted by Crippen LogP contribution is -2.30. The zero-order chi connectivity index (χ0) is 13.9. The number of rotatable bonds is 4. The molecule has 0 bridgehead atoms. The number of hydrogen-bond donors (Lipinski definition) is 2. The lowest BCUT2D eigenvalue weighted by molar-refractivity contribution is 0.584. The van der Waals surface area contributed by atoms with Gasteiger partial charge < -0.3 is 4.57 Å². The highest BCUT2D eigenvalue weighted by Crippen LogP contribution is 2.21. The van der Waals surface area contributed by atoms with Gasteiger partial charge in [-0.2, -0.15) is 0 Å². The van der Waals surface area contributed by atoms with Crippen LogP contribution in [0.3, 0.4) is 0 Å². The summed E-state index contributed by atoms with van der Waals surface area (Å²) in [4.78, 5) is 4.33. The van der Waals surface area contributed by atoms with E-state index in [1.54, 1.807) is 17.2 Å². The Morgan fingerprint density at radius 2 is 2.05 bits per heavy atom. The van der Waals surface area contributed by atoms with E-state index >= 15 is 0 Å². The Morgan fingerprint density at radius 3 is 2.70 bits per heavy atom. The molecule has 2 heterocycles. The number of aryl methyl sites for hydroxylation is 1. The molecule has 3 N–H and O–H groups in total. The van der Waals surface area contributed by atoms with Gasteiger partial charge in [-0.05, 0) is 12.1 Å². The van der Waals surface area contributed by atoms with E-state index in [-0.39, 0.29) is 6.04 Å². The maximum atomic E-state index is 5.68. The Morgan fingerprint density at radius 1 is 1.25 bits per heavy atom. The van der Waals surface area contributed by atoms with Crippen LogP contribution in [0, 0.1) is 0 Å². The highest BCUT2D eigenvalue weighted by atomic mass is 15.4. The molecular formula is C13H15N7. The van der Waals surface area contributed by atoms with E-state index in [1.807, 2.05) is 48.1 Å². The largest absolute Gasteiger partial charge is 0.340 e. The quantitative estimate of drug-likeness (QED) is 0.533. The Bertz CT molecular complexity index is 686. The molecule has 102 valence electrons. The zero-order valence-corrected chi connectivity index (χ0v) is 11.0. The molecule has 1 atom stereocenters. The normalized spacial score (nSPS) is 12.5. The van der Waals surface area contributed by atoms with E-state index in [2.05, 4.69) is 20.7 Å². The highest BCUT2D eigenvalue weighted by molar-refractivity contribution is 5.33. The van der Waals surface area contributed by atoms with Crippen molar-refractivity contribution in [2.45, 2.75) is 6.04 Å². The Hall–Kier alpha value is -2.51. The molecule has 1 unspecified atom stereocenters. The van der Waals surface area contributed by atoms with Gasteiger partial charge in [0.25, 0.3) is 0 Å². The summed E-state index contributed by atoms with van der Waals surface area (Å²) in [5.41, 5.74) is 5.34. The van der Waals surface area contributed by atoms with Crippen molar-refractivity contribution in [1.29, 1.82) is 0 Å². The van der Waals surface area contributed by atoms with Crippen molar-refractivity contribution < 1.29 is 0 Å². The molecule has 0 radical (unpaired) electrons. The number of hydrogen-bond acceptors (Lipinski definition) is 5. The van der Waals surface area contributed by atoms with Gasteiger partial charge in [0.1, 0.15) is 6.04 Å². The fourth-order valence-electron chi connectivity index (χ4n) is 2.11. The van der Waals surface area contributed by atoms with Gasteiger partial charge in [-0.15, -0.1) is 5.10 Å². The second-order valence-electron chi connectivity index (χ2n) is 4.47. The lowest BCUT2D eigenvalue weighted by atomic mass is 10.1. The Balaban J connectivity index is 2.04. The second-order valence-corrected chi connectivity index (χ2v) is 4.47. The second kappa shape index (κ2) is 5.24. The fraction of sp³-hybridized carbons (Fsp3) is 0.154. The number of nitrogens with one attached hydrogen (secondary N) is 1. The standard InChI is InChI=1S/C13H15N7/c1-19-8-11(15-9-19)13(17-14)12-7-16-18-20(12)10-5-3-2-4-6-10/h2-9,13,17H,14H2,1H3. The van der Waals surface area contributed by atoms with Crippen molar-refractivity contribution in [1.82, 2.24) is 30.0 Å². The molecule has 7 heteroatoms. The average Bonchev–Trinajstić information content (AvgIpc) is 3.11. The summed E-state index contributed by atoms with van der Waals surface area (Å²) in [5.74, 6) is 5.68. The molecule has 0 amide bonds. The van der Waals surface area contributed by atoms with Crippen LogP contribution in [-0.4, -0.2) is 24.5 Å². The van der Waals surface area contributed by atoms with Crippen LogP contribution in [0.1, 0.15) is 17.4 Å². The van der Waals surface area contributed by atoms with Gasteiger partial charge in [0, 0.05) is 13.2 Å². The average molecular weight is 269 g/mol. The van der Waals surface area contributed by atoms with Crippen LogP contribution in [0.2, 0.25) is 0 Å². The molecule has 0 fully saturated rings. The number of benzene rings is 1. The van der Waals surface area contributed by atoms with Crippen molar-refractivity contribution >= 4 is 0 Å². The summed E-state index contributed by atoms with van der Waals surface area (Å²) in [6.45, 7) is 0. The van der Waals surface area contributed by atoms with Gasteiger partial charge in [0.05, 0.1) is 29.6 Å². The summed E-state index contributed by atoms with van der Waals surface area (Å²) >= 11 is 0. The molecule has 0 aliphatic carbocycles. The van der Waals surface area contributed by atoms with Gasteiger partial charge in [0.15, 0.2) is 0 Å². The van der Waals surface area contributed by atoms with Crippen LogP contribution in [0.25, 0.3) is 5.69 Å². The van der Waals surface area contributed by atoms with Crippen LogP contribution in [0.5, 0.6) is 0 Å². The van der Waals surface area contributed by atoms with E-state index in [0.29, 0.717) is 0 Å². The molecule has 20 heavy (non-hydrogen) atoms. The van der Waals surface area contributed by atoms with E-state index in [9.17, 15) is 0 Å². The molecule has 0 aliphatic heterocycles. The predicted octanol–water partition coefficient (Wildman–Crippen LogP) is 0.553. The summed E-state index contributed by atoms with van der Waals surface area (Å²) < 4.78 is 3.62. The topological polar surface area (TPSA) is 86.6 Å². The number of imidazole rings is 1. The first-order valence-corrected chi connectivity index (χ1v) is 6.19. The van der Waals surface area contributed by atoms with Crippen LogP contribution in [0.15, 0.2) is 49.1 Å². The maximum Gasteiger partial charge on any atom is 0.108 e. The molecule has 3 rings (SSSR count). The third kappa shape index (κ3) is 2.20. The molecule has 7 nitrogen and oxygen atoms in total. The fourth-order valence-corrected chi connectivity index (χ4v) is 2.11. The van der Waals surface area contributed by atoms with Crippen LogP contribution < -0.4 is 11.3 Å². The first-order chi connectivity index (χ1) is 9.79. The van der Waals surface area contributed by atoms with E-state index in [1.165, 1.54) is 0 Å². The molecule has 3 aromatic rings. The minimum atomic E-state index is -0.272. The molecule has 1 aromatic carbocycles. The monoisotopic (exact) mass is 269 g/mol. The number of nitrogens with two attached hydrogens (primary N) is 1. The van der Waals surface area contributed by atoms with Gasteiger partial charge in [-0.1, -0.05) is 23.4 Å².